The number of ketones is 1. The second kappa shape index (κ2) is 7.34. The molecule has 0 amide bonds. The van der Waals surface area contributed by atoms with Gasteiger partial charge >= 0.3 is 0 Å². The van der Waals surface area contributed by atoms with Crippen LogP contribution in [0.25, 0.3) is 0 Å². The summed E-state index contributed by atoms with van der Waals surface area (Å²) in [6.07, 6.45) is 3.13. The van der Waals surface area contributed by atoms with E-state index in [0.29, 0.717) is 12.5 Å². The molecule has 3 nitrogen and oxygen atoms in total. The van der Waals surface area contributed by atoms with E-state index in [9.17, 15) is 4.79 Å². The van der Waals surface area contributed by atoms with E-state index in [0.717, 1.165) is 29.7 Å². The summed E-state index contributed by atoms with van der Waals surface area (Å²) in [7, 11) is 4.23. The lowest BCUT2D eigenvalue weighted by molar-refractivity contribution is 0.0957. The van der Waals surface area contributed by atoms with E-state index in [2.05, 4.69) is 39.8 Å². The van der Waals surface area contributed by atoms with Crippen LogP contribution in [0, 0.1) is 0 Å². The molecule has 0 aliphatic carbocycles. The summed E-state index contributed by atoms with van der Waals surface area (Å²) >= 11 is 3.39. The van der Waals surface area contributed by atoms with Gasteiger partial charge in [0.05, 0.1) is 0 Å². The first kappa shape index (κ1) is 15.7. The Hall–Kier alpha value is -0.710. The highest BCUT2D eigenvalue weighted by Gasteiger charge is 2.25. The molecule has 2 rings (SSSR count). The summed E-state index contributed by atoms with van der Waals surface area (Å²) in [6, 6.07) is 8.26. The smallest absolute Gasteiger partial charge is 0.164 e. The molecule has 1 aliphatic rings. The van der Waals surface area contributed by atoms with Crippen molar-refractivity contribution in [3.05, 3.63) is 34.3 Å². The minimum absolute atomic E-state index is 0.244. The van der Waals surface area contributed by atoms with Crippen LogP contribution in [0.5, 0.6) is 0 Å². The molecule has 4 heteroatoms. The van der Waals surface area contributed by atoms with Gasteiger partial charge in [-0.2, -0.15) is 0 Å². The number of benzene rings is 1. The molecule has 1 fully saturated rings. The zero-order valence-electron chi connectivity index (χ0n) is 12.3. The van der Waals surface area contributed by atoms with E-state index < -0.39 is 0 Å². The molecule has 1 aliphatic heterocycles. The van der Waals surface area contributed by atoms with Crippen molar-refractivity contribution in [2.24, 2.45) is 0 Å². The Morgan fingerprint density at radius 2 is 2.05 bits per heavy atom. The van der Waals surface area contributed by atoms with Crippen LogP contribution in [0.3, 0.4) is 0 Å². The molecule has 0 spiro atoms. The van der Waals surface area contributed by atoms with Gasteiger partial charge in [0.2, 0.25) is 0 Å². The second-order valence-electron chi connectivity index (χ2n) is 5.77. The number of likely N-dealkylation sites (tertiary alicyclic amines) is 1. The highest BCUT2D eigenvalue weighted by atomic mass is 79.9. The van der Waals surface area contributed by atoms with Crippen LogP contribution < -0.4 is 0 Å². The maximum Gasteiger partial charge on any atom is 0.164 e. The molecular formula is C16H23BrN2O. The highest BCUT2D eigenvalue weighted by molar-refractivity contribution is 9.10. The lowest BCUT2D eigenvalue weighted by Gasteiger charge is -2.26. The van der Waals surface area contributed by atoms with Crippen molar-refractivity contribution in [3.8, 4) is 0 Å². The molecule has 1 aromatic carbocycles. The molecule has 1 aromatic rings. The van der Waals surface area contributed by atoms with Gasteiger partial charge in [-0.1, -0.05) is 28.1 Å². The fourth-order valence-electron chi connectivity index (χ4n) is 2.84. The lowest BCUT2D eigenvalue weighted by atomic mass is 10.1. The third-order valence-corrected chi connectivity index (χ3v) is 4.40. The van der Waals surface area contributed by atoms with Crippen molar-refractivity contribution in [2.45, 2.75) is 25.3 Å². The predicted octanol–water partition coefficient (Wildman–Crippen LogP) is 3.05. The normalized spacial score (nSPS) is 19.7. The first-order chi connectivity index (χ1) is 9.56. The molecule has 0 radical (unpaired) electrons. The standard InChI is InChI=1S/C16H23BrN2O/c1-18(2)12-15-4-3-10-19(15)11-9-16(20)13-5-7-14(17)8-6-13/h5-8,15H,3-4,9-12H2,1-2H3. The first-order valence-electron chi connectivity index (χ1n) is 7.24. The third-order valence-electron chi connectivity index (χ3n) is 3.87. The second-order valence-corrected chi connectivity index (χ2v) is 6.69. The molecule has 20 heavy (non-hydrogen) atoms. The van der Waals surface area contributed by atoms with Crippen LogP contribution in [-0.4, -0.2) is 55.4 Å². The van der Waals surface area contributed by atoms with E-state index in [-0.39, 0.29) is 5.78 Å². The monoisotopic (exact) mass is 338 g/mol. The average molecular weight is 339 g/mol. The van der Waals surface area contributed by atoms with E-state index in [4.69, 9.17) is 0 Å². The Balaban J connectivity index is 1.85. The number of halogens is 1. The lowest BCUT2D eigenvalue weighted by Crippen LogP contribution is -2.38. The summed E-state index contributed by atoms with van der Waals surface area (Å²) < 4.78 is 1.01. The molecule has 1 heterocycles. The Morgan fingerprint density at radius 3 is 2.70 bits per heavy atom. The van der Waals surface area contributed by atoms with Gasteiger partial charge < -0.3 is 4.90 Å². The van der Waals surface area contributed by atoms with Gasteiger partial charge in [0.25, 0.3) is 0 Å². The fraction of sp³-hybridized carbons (Fsp3) is 0.562. The quantitative estimate of drug-likeness (QED) is 0.745. The molecular weight excluding hydrogens is 316 g/mol. The Labute approximate surface area is 130 Å². The van der Waals surface area contributed by atoms with E-state index >= 15 is 0 Å². The highest BCUT2D eigenvalue weighted by Crippen LogP contribution is 2.19. The number of carbonyl (C=O) groups excluding carboxylic acids is 1. The van der Waals surface area contributed by atoms with Crippen molar-refractivity contribution >= 4 is 21.7 Å². The minimum Gasteiger partial charge on any atom is -0.308 e. The molecule has 0 aromatic heterocycles. The first-order valence-corrected chi connectivity index (χ1v) is 8.03. The van der Waals surface area contributed by atoms with Crippen molar-refractivity contribution in [1.82, 2.24) is 9.80 Å². The topological polar surface area (TPSA) is 23.6 Å². The number of rotatable bonds is 6. The number of Topliss-reactive ketones (excluding diaryl/α,β-unsaturated/α-hetero) is 1. The van der Waals surface area contributed by atoms with Crippen LogP contribution in [0.4, 0.5) is 0 Å². The third kappa shape index (κ3) is 4.40. The summed E-state index contributed by atoms with van der Waals surface area (Å²) in [4.78, 5) is 16.9. The number of hydrogen-bond acceptors (Lipinski definition) is 3. The largest absolute Gasteiger partial charge is 0.308 e. The maximum absolute atomic E-state index is 12.2. The van der Waals surface area contributed by atoms with E-state index in [1.165, 1.54) is 12.8 Å². The number of likely N-dealkylation sites (N-methyl/N-ethyl adjacent to an activating group) is 1. The Kier molecular flexibility index (Phi) is 5.75. The van der Waals surface area contributed by atoms with Crippen LogP contribution in [0.15, 0.2) is 28.7 Å². The fourth-order valence-corrected chi connectivity index (χ4v) is 3.11. The molecule has 1 saturated heterocycles. The van der Waals surface area contributed by atoms with Gasteiger partial charge in [0, 0.05) is 35.6 Å². The summed E-state index contributed by atoms with van der Waals surface area (Å²) in [5.41, 5.74) is 0.816. The van der Waals surface area contributed by atoms with Gasteiger partial charge in [-0.05, 0) is 45.6 Å². The van der Waals surface area contributed by atoms with Crippen LogP contribution in [0.2, 0.25) is 0 Å². The summed E-state index contributed by atoms with van der Waals surface area (Å²) in [5, 5.41) is 0. The SMILES string of the molecule is CN(C)CC1CCCN1CCC(=O)c1ccc(Br)cc1. The number of nitrogens with zero attached hydrogens (tertiary/aromatic N) is 2. The molecule has 110 valence electrons. The molecule has 0 saturated carbocycles. The zero-order valence-corrected chi connectivity index (χ0v) is 13.9. The van der Waals surface area contributed by atoms with E-state index in [1.54, 1.807) is 0 Å². The molecule has 0 N–H and O–H groups in total. The predicted molar refractivity (Wildman–Crippen MR) is 86.2 cm³/mol. The van der Waals surface area contributed by atoms with Crippen LogP contribution in [0.1, 0.15) is 29.6 Å². The van der Waals surface area contributed by atoms with Crippen molar-refractivity contribution in [3.63, 3.8) is 0 Å². The van der Waals surface area contributed by atoms with Crippen LogP contribution in [-0.2, 0) is 0 Å². The van der Waals surface area contributed by atoms with Crippen molar-refractivity contribution in [2.75, 3.05) is 33.7 Å². The van der Waals surface area contributed by atoms with Gasteiger partial charge in [-0.3, -0.25) is 9.69 Å². The molecule has 0 bridgehead atoms. The Bertz CT molecular complexity index is 444. The zero-order chi connectivity index (χ0) is 14.5. The molecule has 1 atom stereocenters. The van der Waals surface area contributed by atoms with Gasteiger partial charge in [-0.15, -0.1) is 0 Å². The maximum atomic E-state index is 12.2. The van der Waals surface area contributed by atoms with Gasteiger partial charge in [-0.25, -0.2) is 0 Å². The van der Waals surface area contributed by atoms with Gasteiger partial charge in [0.15, 0.2) is 5.78 Å². The Morgan fingerprint density at radius 1 is 1.35 bits per heavy atom. The average Bonchev–Trinajstić information content (AvgIpc) is 2.83. The van der Waals surface area contributed by atoms with Crippen molar-refractivity contribution in [1.29, 1.82) is 0 Å². The summed E-state index contributed by atoms with van der Waals surface area (Å²) in [5.74, 6) is 0.244. The number of carbonyl (C=O) groups is 1. The number of hydrogen-bond donors (Lipinski definition) is 0. The minimum atomic E-state index is 0.244. The van der Waals surface area contributed by atoms with Crippen molar-refractivity contribution < 1.29 is 4.79 Å². The van der Waals surface area contributed by atoms with E-state index in [1.807, 2.05) is 24.3 Å². The molecule has 1 unspecified atom stereocenters. The summed E-state index contributed by atoms with van der Waals surface area (Å²) in [6.45, 7) is 3.10. The van der Waals surface area contributed by atoms with Gasteiger partial charge in [0.1, 0.15) is 0 Å². The van der Waals surface area contributed by atoms with Crippen LogP contribution >= 0.6 is 15.9 Å².